The zero-order valence-corrected chi connectivity index (χ0v) is 13.7. The average Bonchev–Trinajstić information content (AvgIpc) is 3.00. The first-order valence-electron chi connectivity index (χ1n) is 7.06. The van der Waals surface area contributed by atoms with Crippen molar-refractivity contribution < 1.29 is 9.47 Å². The second-order valence-electron chi connectivity index (χ2n) is 4.96. The third-order valence-corrected chi connectivity index (χ3v) is 4.99. The van der Waals surface area contributed by atoms with Crippen molar-refractivity contribution in [2.45, 2.75) is 25.8 Å². The highest BCUT2D eigenvalue weighted by Gasteiger charge is 2.25. The molecule has 0 aliphatic heterocycles. The number of anilines is 1. The smallest absolute Gasteiger partial charge is 0.163 e. The van der Waals surface area contributed by atoms with Crippen molar-refractivity contribution in [1.29, 1.82) is 0 Å². The van der Waals surface area contributed by atoms with Gasteiger partial charge in [0.1, 0.15) is 0 Å². The zero-order valence-electron chi connectivity index (χ0n) is 12.1. The first-order valence-corrected chi connectivity index (χ1v) is 8.26. The maximum absolute atomic E-state index is 6.11. The highest BCUT2D eigenvalue weighted by Crippen LogP contribution is 2.41. The van der Waals surface area contributed by atoms with E-state index in [0.717, 1.165) is 34.4 Å². The predicted molar refractivity (Wildman–Crippen MR) is 88.2 cm³/mol. The fourth-order valence-electron chi connectivity index (χ4n) is 2.72. The van der Waals surface area contributed by atoms with Crippen molar-refractivity contribution in [2.24, 2.45) is 0 Å². The van der Waals surface area contributed by atoms with Gasteiger partial charge in [-0.1, -0.05) is 11.6 Å². The van der Waals surface area contributed by atoms with Gasteiger partial charge in [-0.2, -0.15) is 0 Å². The van der Waals surface area contributed by atoms with E-state index in [2.05, 4.69) is 11.4 Å². The predicted octanol–water partition coefficient (Wildman–Crippen LogP) is 4.91. The average molecular weight is 324 g/mol. The Morgan fingerprint density at radius 3 is 2.95 bits per heavy atom. The van der Waals surface area contributed by atoms with Crippen LogP contribution in [0.5, 0.6) is 11.5 Å². The number of benzene rings is 1. The molecule has 1 aliphatic rings. The minimum absolute atomic E-state index is 0.326. The molecule has 112 valence electrons. The number of ether oxygens (including phenoxy) is 2. The van der Waals surface area contributed by atoms with Crippen LogP contribution in [-0.4, -0.2) is 13.7 Å². The molecule has 1 heterocycles. The van der Waals surface area contributed by atoms with Crippen LogP contribution in [0.3, 0.4) is 0 Å². The van der Waals surface area contributed by atoms with Crippen LogP contribution in [-0.2, 0) is 6.42 Å². The minimum atomic E-state index is 0.326. The van der Waals surface area contributed by atoms with E-state index in [1.165, 1.54) is 10.4 Å². The molecule has 1 atom stereocenters. The summed E-state index contributed by atoms with van der Waals surface area (Å²) in [6.07, 6.45) is 2.20. The quantitative estimate of drug-likeness (QED) is 0.848. The molecule has 2 aromatic rings. The van der Waals surface area contributed by atoms with E-state index < -0.39 is 0 Å². The van der Waals surface area contributed by atoms with Crippen molar-refractivity contribution in [1.82, 2.24) is 0 Å². The molecule has 21 heavy (non-hydrogen) atoms. The van der Waals surface area contributed by atoms with Crippen LogP contribution < -0.4 is 14.8 Å². The molecule has 1 aromatic carbocycles. The lowest BCUT2D eigenvalue weighted by Crippen LogP contribution is -2.07. The van der Waals surface area contributed by atoms with Gasteiger partial charge in [0.05, 0.1) is 24.1 Å². The second kappa shape index (κ2) is 6.16. The van der Waals surface area contributed by atoms with E-state index in [9.17, 15) is 0 Å². The Balaban J connectivity index is 1.80. The Labute approximate surface area is 133 Å². The molecule has 0 spiro atoms. The van der Waals surface area contributed by atoms with Gasteiger partial charge in [-0.25, -0.2) is 0 Å². The number of fused-ring (bicyclic) bond motifs is 1. The largest absolute Gasteiger partial charge is 0.493 e. The highest BCUT2D eigenvalue weighted by molar-refractivity contribution is 7.16. The van der Waals surface area contributed by atoms with Gasteiger partial charge in [0.25, 0.3) is 0 Å². The maximum atomic E-state index is 6.11. The molecule has 1 N–H and O–H groups in total. The van der Waals surface area contributed by atoms with Gasteiger partial charge in [0.15, 0.2) is 11.5 Å². The molecular formula is C16H18ClNO2S. The van der Waals surface area contributed by atoms with Gasteiger partial charge < -0.3 is 14.8 Å². The van der Waals surface area contributed by atoms with E-state index in [-0.39, 0.29) is 0 Å². The number of aryl methyl sites for hydroxylation is 1. The lowest BCUT2D eigenvalue weighted by molar-refractivity contribution is 0.311. The first-order chi connectivity index (χ1) is 10.2. The van der Waals surface area contributed by atoms with Gasteiger partial charge in [0, 0.05) is 16.6 Å². The third kappa shape index (κ3) is 2.97. The van der Waals surface area contributed by atoms with Crippen LogP contribution in [0.1, 0.15) is 29.8 Å². The molecule has 0 amide bonds. The van der Waals surface area contributed by atoms with Crippen LogP contribution in [0.15, 0.2) is 24.3 Å². The Bertz CT molecular complexity index is 641. The summed E-state index contributed by atoms with van der Waals surface area (Å²) >= 11 is 7.80. The molecule has 0 saturated carbocycles. The highest BCUT2D eigenvalue weighted by atomic mass is 35.5. The van der Waals surface area contributed by atoms with Crippen LogP contribution in [0.25, 0.3) is 0 Å². The summed E-state index contributed by atoms with van der Waals surface area (Å²) in [4.78, 5) is 1.40. The van der Waals surface area contributed by atoms with E-state index in [4.69, 9.17) is 21.1 Å². The summed E-state index contributed by atoms with van der Waals surface area (Å²) in [6.45, 7) is 2.59. The molecular weight excluding hydrogens is 306 g/mol. The SMILES string of the molecule is CCOc1cc(NC2CCc3sc(Cl)cc32)ccc1OC. The van der Waals surface area contributed by atoms with Crippen LogP contribution in [0.4, 0.5) is 5.69 Å². The van der Waals surface area contributed by atoms with E-state index >= 15 is 0 Å². The molecule has 1 unspecified atom stereocenters. The molecule has 0 bridgehead atoms. The van der Waals surface area contributed by atoms with Crippen molar-refractivity contribution in [3.8, 4) is 11.5 Å². The first kappa shape index (κ1) is 14.5. The van der Waals surface area contributed by atoms with Crippen molar-refractivity contribution in [2.75, 3.05) is 19.0 Å². The monoisotopic (exact) mass is 323 g/mol. The lowest BCUT2D eigenvalue weighted by Gasteiger charge is -2.17. The van der Waals surface area contributed by atoms with Crippen LogP contribution in [0.2, 0.25) is 4.34 Å². The summed E-state index contributed by atoms with van der Waals surface area (Å²) < 4.78 is 11.8. The molecule has 5 heteroatoms. The topological polar surface area (TPSA) is 30.5 Å². The molecule has 1 aromatic heterocycles. The van der Waals surface area contributed by atoms with E-state index in [0.29, 0.717) is 12.6 Å². The number of thiophene rings is 1. The molecule has 0 fully saturated rings. The molecule has 1 aliphatic carbocycles. The van der Waals surface area contributed by atoms with Crippen molar-refractivity contribution in [3.05, 3.63) is 39.0 Å². The molecule has 3 nitrogen and oxygen atoms in total. The zero-order chi connectivity index (χ0) is 14.8. The van der Waals surface area contributed by atoms with Crippen molar-refractivity contribution >= 4 is 28.6 Å². The third-order valence-electron chi connectivity index (χ3n) is 3.65. The summed E-state index contributed by atoms with van der Waals surface area (Å²) in [5, 5.41) is 3.57. The van der Waals surface area contributed by atoms with Crippen LogP contribution >= 0.6 is 22.9 Å². The van der Waals surface area contributed by atoms with Crippen molar-refractivity contribution in [3.63, 3.8) is 0 Å². The summed E-state index contributed by atoms with van der Waals surface area (Å²) in [6, 6.07) is 8.36. The summed E-state index contributed by atoms with van der Waals surface area (Å²) in [7, 11) is 1.65. The number of halogens is 1. The van der Waals surface area contributed by atoms with Crippen LogP contribution in [0, 0.1) is 0 Å². The maximum Gasteiger partial charge on any atom is 0.163 e. The summed E-state index contributed by atoms with van der Waals surface area (Å²) in [5.74, 6) is 1.53. The number of hydrogen-bond acceptors (Lipinski definition) is 4. The fourth-order valence-corrected chi connectivity index (χ4v) is 4.07. The lowest BCUT2D eigenvalue weighted by atomic mass is 10.1. The summed E-state index contributed by atoms with van der Waals surface area (Å²) in [5.41, 5.74) is 2.37. The second-order valence-corrected chi connectivity index (χ2v) is 6.73. The molecule has 0 radical (unpaired) electrons. The number of nitrogens with one attached hydrogen (secondary N) is 1. The van der Waals surface area contributed by atoms with Gasteiger partial charge in [0.2, 0.25) is 0 Å². The molecule has 3 rings (SSSR count). The van der Waals surface area contributed by atoms with Gasteiger partial charge in [-0.15, -0.1) is 11.3 Å². The number of hydrogen-bond donors (Lipinski definition) is 1. The Kier molecular flexibility index (Phi) is 4.27. The normalized spacial score (nSPS) is 16.6. The molecule has 0 saturated heterocycles. The fraction of sp³-hybridized carbons (Fsp3) is 0.375. The van der Waals surface area contributed by atoms with Gasteiger partial charge >= 0.3 is 0 Å². The minimum Gasteiger partial charge on any atom is -0.493 e. The Morgan fingerprint density at radius 1 is 1.33 bits per heavy atom. The Hall–Kier alpha value is -1.39. The Morgan fingerprint density at radius 2 is 2.19 bits per heavy atom. The van der Waals surface area contributed by atoms with E-state index in [1.807, 2.05) is 25.1 Å². The number of methoxy groups -OCH3 is 1. The van der Waals surface area contributed by atoms with Gasteiger partial charge in [-0.05, 0) is 43.5 Å². The standard InChI is InChI=1S/C16H18ClNO2S/c1-3-20-14-8-10(4-6-13(14)19-2)18-12-5-7-15-11(12)9-16(17)21-15/h4,6,8-9,12,18H,3,5,7H2,1-2H3. The van der Waals surface area contributed by atoms with Gasteiger partial charge in [-0.3, -0.25) is 0 Å². The number of rotatable bonds is 5. The van der Waals surface area contributed by atoms with E-state index in [1.54, 1.807) is 18.4 Å².